The molecule has 2 N–H and O–H groups in total. The Morgan fingerprint density at radius 2 is 2.14 bits per heavy atom. The third-order valence-corrected chi connectivity index (χ3v) is 3.63. The molecule has 108 valence electrons. The van der Waals surface area contributed by atoms with E-state index in [1.165, 1.54) is 4.57 Å². The largest absolute Gasteiger partial charge is 0.451 e. The quantitative estimate of drug-likeness (QED) is 0.584. The van der Waals surface area contributed by atoms with Gasteiger partial charge in [-0.15, -0.1) is 0 Å². The van der Waals surface area contributed by atoms with Crippen LogP contribution in [0.25, 0.3) is 27.8 Å². The molecule has 4 aromatic rings. The number of nitrogens with two attached hydrogens (primary N) is 1. The van der Waals surface area contributed by atoms with Crippen molar-refractivity contribution < 1.29 is 4.42 Å². The van der Waals surface area contributed by atoms with E-state index in [4.69, 9.17) is 21.8 Å². The van der Waals surface area contributed by atoms with Crippen LogP contribution < -0.4 is 11.4 Å². The van der Waals surface area contributed by atoms with E-state index in [0.717, 1.165) is 0 Å². The molecule has 0 atom stereocenters. The molecule has 0 spiro atoms. The number of fused-ring (bicyclic) bond motifs is 3. The van der Waals surface area contributed by atoms with Crippen molar-refractivity contribution in [3.8, 4) is 5.69 Å². The Bertz CT molecular complexity index is 1070. The molecule has 22 heavy (non-hydrogen) atoms. The van der Waals surface area contributed by atoms with Crippen molar-refractivity contribution in [3.63, 3.8) is 0 Å². The number of furan rings is 1. The Morgan fingerprint density at radius 3 is 2.91 bits per heavy atom. The zero-order valence-corrected chi connectivity index (χ0v) is 11.9. The summed E-state index contributed by atoms with van der Waals surface area (Å²) in [6, 6.07) is 8.67. The maximum atomic E-state index is 12.4. The van der Waals surface area contributed by atoms with Crippen LogP contribution >= 0.6 is 11.6 Å². The molecule has 0 amide bonds. The van der Waals surface area contributed by atoms with Gasteiger partial charge in [-0.1, -0.05) is 11.6 Å². The van der Waals surface area contributed by atoms with E-state index in [-0.39, 0.29) is 5.82 Å². The Kier molecular flexibility index (Phi) is 2.67. The highest BCUT2D eigenvalue weighted by Crippen LogP contribution is 2.32. The van der Waals surface area contributed by atoms with Crippen LogP contribution in [-0.4, -0.2) is 14.5 Å². The Labute approximate surface area is 128 Å². The molecule has 0 fully saturated rings. The van der Waals surface area contributed by atoms with E-state index < -0.39 is 5.69 Å². The molecule has 4 rings (SSSR count). The molecule has 0 aliphatic carbocycles. The molecule has 0 unspecified atom stereocenters. The number of benzene rings is 1. The number of hydrogen-bond acceptors (Lipinski definition) is 5. The van der Waals surface area contributed by atoms with Crippen molar-refractivity contribution in [1.29, 1.82) is 0 Å². The summed E-state index contributed by atoms with van der Waals surface area (Å²) in [5.74, 6) is 0.0486. The Hall–Kier alpha value is -2.86. The fourth-order valence-electron chi connectivity index (χ4n) is 2.48. The van der Waals surface area contributed by atoms with E-state index >= 15 is 0 Å². The van der Waals surface area contributed by atoms with Crippen LogP contribution in [-0.2, 0) is 0 Å². The summed E-state index contributed by atoms with van der Waals surface area (Å²) in [5.41, 5.74) is 7.37. The van der Waals surface area contributed by atoms with Crippen molar-refractivity contribution in [2.24, 2.45) is 0 Å². The topological polar surface area (TPSA) is 86.9 Å². The smallest absolute Gasteiger partial charge is 0.354 e. The molecule has 0 radical (unpaired) electrons. The molecular weight excluding hydrogens is 304 g/mol. The zero-order chi connectivity index (χ0) is 15.3. The zero-order valence-electron chi connectivity index (χ0n) is 11.2. The maximum Gasteiger partial charge on any atom is 0.354 e. The van der Waals surface area contributed by atoms with Gasteiger partial charge in [0.1, 0.15) is 11.1 Å². The second-order valence-corrected chi connectivity index (χ2v) is 5.18. The van der Waals surface area contributed by atoms with E-state index in [9.17, 15) is 4.79 Å². The number of nitrogen functional groups attached to an aromatic ring is 1. The summed E-state index contributed by atoms with van der Waals surface area (Å²) in [7, 11) is 0. The Balaban J connectivity index is 2.27. The highest BCUT2D eigenvalue weighted by Gasteiger charge is 2.18. The standard InChI is InChI=1S/C15H9ClN4O2/c16-8-3-4-11-10(6-8)12-13(22-11)14(17)19-15(21)20(12)9-2-1-5-18-7-9/h1-7H,(H2,17,19,21). The van der Waals surface area contributed by atoms with Gasteiger partial charge in [0.15, 0.2) is 11.4 Å². The first kappa shape index (κ1) is 12.8. The van der Waals surface area contributed by atoms with Crippen LogP contribution in [0.4, 0.5) is 5.82 Å². The van der Waals surface area contributed by atoms with Gasteiger partial charge in [0.25, 0.3) is 0 Å². The molecule has 6 nitrogen and oxygen atoms in total. The van der Waals surface area contributed by atoms with Gasteiger partial charge in [-0.2, -0.15) is 4.98 Å². The van der Waals surface area contributed by atoms with E-state index in [1.54, 1.807) is 42.7 Å². The van der Waals surface area contributed by atoms with Gasteiger partial charge >= 0.3 is 5.69 Å². The second kappa shape index (κ2) is 4.57. The summed E-state index contributed by atoms with van der Waals surface area (Å²) in [6.45, 7) is 0. The number of halogens is 1. The van der Waals surface area contributed by atoms with Crippen molar-refractivity contribution in [2.45, 2.75) is 0 Å². The van der Waals surface area contributed by atoms with Gasteiger partial charge in [0.2, 0.25) is 0 Å². The van der Waals surface area contributed by atoms with Crippen LogP contribution in [0.15, 0.2) is 51.9 Å². The van der Waals surface area contributed by atoms with Crippen LogP contribution in [0.2, 0.25) is 5.02 Å². The van der Waals surface area contributed by atoms with Gasteiger partial charge in [0, 0.05) is 16.6 Å². The first-order valence-corrected chi connectivity index (χ1v) is 6.83. The third kappa shape index (κ3) is 1.78. The molecule has 1 aromatic carbocycles. The molecule has 3 heterocycles. The van der Waals surface area contributed by atoms with Gasteiger partial charge in [0.05, 0.1) is 11.9 Å². The average molecular weight is 313 g/mol. The third-order valence-electron chi connectivity index (χ3n) is 3.39. The molecule has 0 aliphatic rings. The van der Waals surface area contributed by atoms with Crippen molar-refractivity contribution in [2.75, 3.05) is 5.73 Å². The average Bonchev–Trinajstić information content (AvgIpc) is 2.88. The molecule has 0 saturated carbocycles. The first-order valence-electron chi connectivity index (χ1n) is 6.46. The molecular formula is C15H9ClN4O2. The predicted octanol–water partition coefficient (Wildman–Crippen LogP) is 2.76. The van der Waals surface area contributed by atoms with Crippen LogP contribution in [0.1, 0.15) is 0 Å². The molecule has 0 bridgehead atoms. The Morgan fingerprint density at radius 1 is 1.27 bits per heavy atom. The molecule has 3 aromatic heterocycles. The number of anilines is 1. The van der Waals surface area contributed by atoms with Crippen molar-refractivity contribution in [1.82, 2.24) is 14.5 Å². The highest BCUT2D eigenvalue weighted by atomic mass is 35.5. The summed E-state index contributed by atoms with van der Waals surface area (Å²) in [4.78, 5) is 20.2. The summed E-state index contributed by atoms with van der Waals surface area (Å²) in [5, 5.41) is 1.23. The highest BCUT2D eigenvalue weighted by molar-refractivity contribution is 6.31. The van der Waals surface area contributed by atoms with E-state index in [2.05, 4.69) is 9.97 Å². The minimum Gasteiger partial charge on any atom is -0.451 e. The summed E-state index contributed by atoms with van der Waals surface area (Å²) in [6.07, 6.45) is 3.20. The number of aromatic nitrogens is 3. The number of nitrogens with zero attached hydrogens (tertiary/aromatic N) is 3. The van der Waals surface area contributed by atoms with E-state index in [0.29, 0.717) is 32.8 Å². The van der Waals surface area contributed by atoms with Gasteiger partial charge in [-0.25, -0.2) is 4.79 Å². The minimum atomic E-state index is -0.499. The second-order valence-electron chi connectivity index (χ2n) is 4.75. The lowest BCUT2D eigenvalue weighted by Crippen LogP contribution is -2.22. The molecule has 7 heteroatoms. The van der Waals surface area contributed by atoms with Gasteiger partial charge in [-0.3, -0.25) is 9.55 Å². The van der Waals surface area contributed by atoms with E-state index in [1.807, 2.05) is 0 Å². The lowest BCUT2D eigenvalue weighted by molar-refractivity contribution is 0.665. The monoisotopic (exact) mass is 312 g/mol. The van der Waals surface area contributed by atoms with Gasteiger partial charge in [-0.05, 0) is 30.3 Å². The summed E-state index contributed by atoms with van der Waals surface area (Å²) < 4.78 is 7.15. The van der Waals surface area contributed by atoms with Gasteiger partial charge < -0.3 is 10.2 Å². The molecule has 0 aliphatic heterocycles. The fraction of sp³-hybridized carbons (Fsp3) is 0. The lowest BCUT2D eigenvalue weighted by atomic mass is 10.2. The SMILES string of the molecule is Nc1nc(=O)n(-c2cccnc2)c2c1oc1ccc(Cl)cc12. The van der Waals surface area contributed by atoms with Crippen molar-refractivity contribution >= 4 is 39.5 Å². The van der Waals surface area contributed by atoms with Crippen LogP contribution in [0.5, 0.6) is 0 Å². The van der Waals surface area contributed by atoms with Crippen LogP contribution in [0, 0.1) is 0 Å². The maximum absolute atomic E-state index is 12.4. The number of rotatable bonds is 1. The normalized spacial score (nSPS) is 11.3. The lowest BCUT2D eigenvalue weighted by Gasteiger charge is -2.07. The minimum absolute atomic E-state index is 0.0486. The summed E-state index contributed by atoms with van der Waals surface area (Å²) >= 11 is 6.07. The fourth-order valence-corrected chi connectivity index (χ4v) is 2.65. The number of hydrogen-bond donors (Lipinski definition) is 1. The predicted molar refractivity (Wildman–Crippen MR) is 84.3 cm³/mol. The number of pyridine rings is 1. The molecule has 0 saturated heterocycles. The first-order chi connectivity index (χ1) is 10.6. The van der Waals surface area contributed by atoms with Crippen molar-refractivity contribution in [3.05, 3.63) is 58.2 Å². The van der Waals surface area contributed by atoms with Crippen LogP contribution in [0.3, 0.4) is 0 Å².